The number of hydrogen-bond acceptors (Lipinski definition) is 3. The van der Waals surface area contributed by atoms with Gasteiger partial charge >= 0.3 is 0 Å². The molecule has 0 amide bonds. The van der Waals surface area contributed by atoms with Gasteiger partial charge in [0.1, 0.15) is 0 Å². The molecule has 1 aliphatic heterocycles. The molecule has 0 radical (unpaired) electrons. The van der Waals surface area contributed by atoms with Crippen LogP contribution in [0.4, 0.5) is 0 Å². The highest BCUT2D eigenvalue weighted by Crippen LogP contribution is 2.21. The largest absolute Gasteiger partial charge is 0.355 e. The normalized spacial score (nSPS) is 21.9. The van der Waals surface area contributed by atoms with Gasteiger partial charge in [-0.25, -0.2) is 0 Å². The van der Waals surface area contributed by atoms with Crippen molar-refractivity contribution in [1.82, 2.24) is 25.3 Å². The molecule has 1 aliphatic carbocycles. The van der Waals surface area contributed by atoms with E-state index in [9.17, 15) is 0 Å². The van der Waals surface area contributed by atoms with Gasteiger partial charge in [0.2, 0.25) is 0 Å². The molecule has 23 heavy (non-hydrogen) atoms. The lowest BCUT2D eigenvalue weighted by atomic mass is 9.94. The van der Waals surface area contributed by atoms with Crippen LogP contribution in [0, 0.1) is 0 Å². The minimum atomic E-state index is 0.424. The van der Waals surface area contributed by atoms with Crippen LogP contribution in [0.1, 0.15) is 44.0 Å². The van der Waals surface area contributed by atoms with Crippen LogP contribution in [-0.4, -0.2) is 59.9 Å². The van der Waals surface area contributed by atoms with Gasteiger partial charge in [-0.05, 0) is 51.8 Å². The number of aromatic nitrogens is 2. The number of fused-ring (bicyclic) bond motifs is 1. The molecule has 2 N–H and O–H groups in total. The van der Waals surface area contributed by atoms with E-state index < -0.39 is 0 Å². The number of aliphatic imine (C=N–C) groups is 1. The topological polar surface area (TPSA) is 57.5 Å². The fourth-order valence-corrected chi connectivity index (χ4v) is 3.23. The summed E-state index contributed by atoms with van der Waals surface area (Å²) in [6.07, 6.45) is 6.80. The molecular weight excluding hydrogens is 288 g/mol. The van der Waals surface area contributed by atoms with Crippen molar-refractivity contribution in [3.8, 4) is 0 Å². The first-order valence-corrected chi connectivity index (χ1v) is 8.92. The molecular formula is C17H30N6. The maximum atomic E-state index is 4.75. The van der Waals surface area contributed by atoms with E-state index in [2.05, 4.69) is 45.3 Å². The number of nitrogens with zero attached hydrogens (tertiary/aromatic N) is 4. The van der Waals surface area contributed by atoms with E-state index in [0.29, 0.717) is 12.1 Å². The van der Waals surface area contributed by atoms with Crippen molar-refractivity contribution in [2.75, 3.05) is 33.2 Å². The lowest BCUT2D eigenvalue weighted by Gasteiger charge is -2.31. The number of guanidine groups is 1. The highest BCUT2D eigenvalue weighted by Gasteiger charge is 2.23. The Morgan fingerprint density at radius 1 is 1.43 bits per heavy atom. The first kappa shape index (κ1) is 16.3. The molecule has 0 saturated carbocycles. The summed E-state index contributed by atoms with van der Waals surface area (Å²) in [5.41, 5.74) is 2.66. The van der Waals surface area contributed by atoms with Gasteiger partial charge in [-0.2, -0.15) is 5.10 Å². The lowest BCUT2D eigenvalue weighted by Crippen LogP contribution is -2.48. The van der Waals surface area contributed by atoms with Crippen molar-refractivity contribution in [3.63, 3.8) is 0 Å². The molecule has 1 saturated heterocycles. The Hall–Kier alpha value is -1.56. The van der Waals surface area contributed by atoms with Gasteiger partial charge in [0.25, 0.3) is 0 Å². The first-order valence-electron chi connectivity index (χ1n) is 8.92. The van der Waals surface area contributed by atoms with Crippen molar-refractivity contribution >= 4 is 5.96 Å². The fourth-order valence-electron chi connectivity index (χ4n) is 3.23. The third-order valence-corrected chi connectivity index (χ3v) is 4.86. The highest BCUT2D eigenvalue weighted by molar-refractivity contribution is 5.80. The van der Waals surface area contributed by atoms with Crippen molar-refractivity contribution < 1.29 is 0 Å². The summed E-state index contributed by atoms with van der Waals surface area (Å²) < 4.78 is 2.09. The number of hydrogen-bond donors (Lipinski definition) is 2. The van der Waals surface area contributed by atoms with Gasteiger partial charge < -0.3 is 15.5 Å². The summed E-state index contributed by atoms with van der Waals surface area (Å²) in [7, 11) is 1.85. The van der Waals surface area contributed by atoms with Gasteiger partial charge in [0.15, 0.2) is 5.96 Å². The molecule has 1 atom stereocenters. The van der Waals surface area contributed by atoms with Gasteiger partial charge in [-0.3, -0.25) is 9.67 Å². The zero-order valence-electron chi connectivity index (χ0n) is 14.7. The van der Waals surface area contributed by atoms with Crippen LogP contribution < -0.4 is 10.6 Å². The zero-order chi connectivity index (χ0) is 16.2. The second-order valence-electron chi connectivity index (χ2n) is 6.95. The van der Waals surface area contributed by atoms with Crippen molar-refractivity contribution in [2.24, 2.45) is 4.99 Å². The molecule has 1 aromatic rings. The quantitative estimate of drug-likeness (QED) is 0.632. The molecule has 6 heteroatoms. The SMILES string of the molecule is CN=C(NCCN1CCC1)NC1CCc2cn(C(C)C)nc2C1. The summed E-state index contributed by atoms with van der Waals surface area (Å²) in [5.74, 6) is 0.919. The van der Waals surface area contributed by atoms with E-state index in [0.717, 1.165) is 38.3 Å². The van der Waals surface area contributed by atoms with E-state index in [4.69, 9.17) is 5.10 Å². The molecule has 1 aromatic heterocycles. The molecule has 128 valence electrons. The van der Waals surface area contributed by atoms with E-state index in [1.54, 1.807) is 0 Å². The third kappa shape index (κ3) is 4.05. The Bertz CT molecular complexity index is 543. The second kappa shape index (κ2) is 7.34. The predicted molar refractivity (Wildman–Crippen MR) is 94.0 cm³/mol. The van der Waals surface area contributed by atoms with Crippen molar-refractivity contribution in [3.05, 3.63) is 17.5 Å². The van der Waals surface area contributed by atoms with Crippen LogP contribution in [0.2, 0.25) is 0 Å². The fraction of sp³-hybridized carbons (Fsp3) is 0.765. The van der Waals surface area contributed by atoms with Gasteiger partial charge in [-0.1, -0.05) is 0 Å². The van der Waals surface area contributed by atoms with Crippen LogP contribution in [0.25, 0.3) is 0 Å². The smallest absolute Gasteiger partial charge is 0.191 e. The third-order valence-electron chi connectivity index (χ3n) is 4.86. The van der Waals surface area contributed by atoms with Crippen LogP contribution in [0.5, 0.6) is 0 Å². The molecule has 0 bridgehead atoms. The number of nitrogens with one attached hydrogen (secondary N) is 2. The second-order valence-corrected chi connectivity index (χ2v) is 6.95. The standard InChI is InChI=1S/C17H30N6/c1-13(2)23-12-14-5-6-15(11-16(14)21-23)20-17(18-3)19-7-10-22-8-4-9-22/h12-13,15H,4-11H2,1-3H3,(H2,18,19,20). The molecule has 0 aromatic carbocycles. The van der Waals surface area contributed by atoms with Crippen molar-refractivity contribution in [1.29, 1.82) is 0 Å². The molecule has 0 spiro atoms. The summed E-state index contributed by atoms with van der Waals surface area (Å²) >= 11 is 0. The first-order chi connectivity index (χ1) is 11.2. The average molecular weight is 318 g/mol. The number of rotatable bonds is 5. The maximum Gasteiger partial charge on any atom is 0.191 e. The van der Waals surface area contributed by atoms with Gasteiger partial charge in [0.05, 0.1) is 5.69 Å². The number of aryl methyl sites for hydroxylation is 1. The van der Waals surface area contributed by atoms with E-state index >= 15 is 0 Å². The Balaban J connectivity index is 1.48. The lowest BCUT2D eigenvalue weighted by molar-refractivity contribution is 0.185. The van der Waals surface area contributed by atoms with Crippen LogP contribution in [0.15, 0.2) is 11.2 Å². The van der Waals surface area contributed by atoms with Gasteiger partial charge in [-0.15, -0.1) is 0 Å². The van der Waals surface area contributed by atoms with Crippen LogP contribution >= 0.6 is 0 Å². The Labute approximate surface area is 139 Å². The molecule has 2 heterocycles. The molecule has 1 unspecified atom stereocenters. The summed E-state index contributed by atoms with van der Waals surface area (Å²) in [6, 6.07) is 0.858. The molecule has 1 fully saturated rings. The van der Waals surface area contributed by atoms with E-state index in [1.165, 1.54) is 30.8 Å². The monoisotopic (exact) mass is 318 g/mol. The molecule has 6 nitrogen and oxygen atoms in total. The zero-order valence-corrected chi connectivity index (χ0v) is 14.7. The van der Waals surface area contributed by atoms with Gasteiger partial charge in [0, 0.05) is 44.8 Å². The average Bonchev–Trinajstić information content (AvgIpc) is 2.92. The van der Waals surface area contributed by atoms with Crippen LogP contribution in [-0.2, 0) is 12.8 Å². The molecule has 2 aliphatic rings. The van der Waals surface area contributed by atoms with E-state index in [1.807, 2.05) is 7.05 Å². The molecule has 3 rings (SSSR count). The van der Waals surface area contributed by atoms with Crippen LogP contribution in [0.3, 0.4) is 0 Å². The highest BCUT2D eigenvalue weighted by atomic mass is 15.3. The number of likely N-dealkylation sites (tertiary alicyclic amines) is 1. The summed E-state index contributed by atoms with van der Waals surface area (Å²) in [6.45, 7) is 8.92. The summed E-state index contributed by atoms with van der Waals surface area (Å²) in [5, 5.41) is 11.7. The summed E-state index contributed by atoms with van der Waals surface area (Å²) in [4.78, 5) is 6.83. The minimum Gasteiger partial charge on any atom is -0.355 e. The Morgan fingerprint density at radius 2 is 2.26 bits per heavy atom. The predicted octanol–water partition coefficient (Wildman–Crippen LogP) is 1.19. The van der Waals surface area contributed by atoms with E-state index in [-0.39, 0.29) is 0 Å². The minimum absolute atomic E-state index is 0.424. The Kier molecular flexibility index (Phi) is 5.20. The van der Waals surface area contributed by atoms with Crippen molar-refractivity contribution in [2.45, 2.75) is 51.6 Å². The Morgan fingerprint density at radius 3 is 2.91 bits per heavy atom. The maximum absolute atomic E-state index is 4.75.